The Morgan fingerprint density at radius 3 is 2.74 bits per heavy atom. The maximum absolute atomic E-state index is 12.2. The fourth-order valence-corrected chi connectivity index (χ4v) is 4.01. The van der Waals surface area contributed by atoms with E-state index >= 15 is 0 Å². The maximum Gasteiger partial charge on any atom is 0.266 e. The van der Waals surface area contributed by atoms with E-state index in [0.29, 0.717) is 24.9 Å². The van der Waals surface area contributed by atoms with Crippen molar-refractivity contribution in [3.63, 3.8) is 0 Å². The number of hydrogen-bond acceptors (Lipinski definition) is 8. The van der Waals surface area contributed by atoms with Crippen LogP contribution in [0.25, 0.3) is 5.82 Å². The summed E-state index contributed by atoms with van der Waals surface area (Å²) in [4.78, 5) is 14.4. The van der Waals surface area contributed by atoms with E-state index in [2.05, 4.69) is 25.3 Å². The van der Waals surface area contributed by atoms with Gasteiger partial charge in [-0.05, 0) is 26.0 Å². The van der Waals surface area contributed by atoms with Crippen LogP contribution in [0.2, 0.25) is 0 Å². The largest absolute Gasteiger partial charge is 0.377 e. The number of methoxy groups -OCH3 is 1. The predicted octanol–water partition coefficient (Wildman–Crippen LogP) is 1.18. The van der Waals surface area contributed by atoms with Crippen molar-refractivity contribution in [3.05, 3.63) is 44.9 Å². The van der Waals surface area contributed by atoms with Gasteiger partial charge in [-0.25, -0.2) is 9.36 Å². The van der Waals surface area contributed by atoms with E-state index in [1.54, 1.807) is 23.9 Å². The molecule has 3 aromatic rings. The molecule has 3 aromatic heterocycles. The molecule has 4 heterocycles. The van der Waals surface area contributed by atoms with Gasteiger partial charge < -0.3 is 9.64 Å². The molecule has 1 saturated heterocycles. The number of hydrogen-bond donors (Lipinski definition) is 0. The Kier molecular flexibility index (Phi) is 4.75. The number of rotatable bonds is 6. The van der Waals surface area contributed by atoms with Gasteiger partial charge in [0.2, 0.25) is 5.13 Å². The SMILES string of the molecule is COCc1nnc(N2CC(Cn3nc(-n4nc(C)cc4C)ccc3=O)C2)s1. The average molecular weight is 387 g/mol. The second-order valence-electron chi connectivity index (χ2n) is 6.73. The molecule has 0 bridgehead atoms. The van der Waals surface area contributed by atoms with E-state index in [4.69, 9.17) is 4.74 Å². The Bertz CT molecular complexity index is 1000. The van der Waals surface area contributed by atoms with Crippen LogP contribution in [0.5, 0.6) is 0 Å². The van der Waals surface area contributed by atoms with Gasteiger partial charge in [0.05, 0.1) is 12.2 Å². The zero-order valence-corrected chi connectivity index (χ0v) is 16.3. The van der Waals surface area contributed by atoms with E-state index in [9.17, 15) is 4.79 Å². The van der Waals surface area contributed by atoms with E-state index in [-0.39, 0.29) is 5.56 Å². The summed E-state index contributed by atoms with van der Waals surface area (Å²) >= 11 is 1.54. The quantitative estimate of drug-likeness (QED) is 0.627. The van der Waals surface area contributed by atoms with Crippen LogP contribution in [-0.4, -0.2) is 50.0 Å². The van der Waals surface area contributed by atoms with Crippen molar-refractivity contribution in [3.8, 4) is 5.82 Å². The molecule has 0 aliphatic carbocycles. The smallest absolute Gasteiger partial charge is 0.266 e. The minimum Gasteiger partial charge on any atom is -0.377 e. The van der Waals surface area contributed by atoms with Crippen molar-refractivity contribution in [2.45, 2.75) is 27.0 Å². The second kappa shape index (κ2) is 7.20. The van der Waals surface area contributed by atoms with E-state index in [1.807, 2.05) is 19.9 Å². The molecule has 9 nitrogen and oxygen atoms in total. The Morgan fingerprint density at radius 2 is 2.04 bits per heavy atom. The molecule has 4 rings (SSSR count). The molecule has 10 heteroatoms. The highest BCUT2D eigenvalue weighted by molar-refractivity contribution is 7.15. The first-order chi connectivity index (χ1) is 13.0. The van der Waals surface area contributed by atoms with Crippen molar-refractivity contribution < 1.29 is 4.74 Å². The van der Waals surface area contributed by atoms with Crippen LogP contribution >= 0.6 is 11.3 Å². The molecule has 0 radical (unpaired) electrons. The summed E-state index contributed by atoms with van der Waals surface area (Å²) in [6.07, 6.45) is 0. The molecule has 1 aliphatic heterocycles. The summed E-state index contributed by atoms with van der Waals surface area (Å²) in [5.41, 5.74) is 1.81. The third-order valence-corrected chi connectivity index (χ3v) is 5.42. The lowest BCUT2D eigenvalue weighted by atomic mass is 10.0. The van der Waals surface area contributed by atoms with Gasteiger partial charge in [0.25, 0.3) is 5.56 Å². The number of anilines is 1. The van der Waals surface area contributed by atoms with Crippen LogP contribution in [0.15, 0.2) is 23.0 Å². The van der Waals surface area contributed by atoms with Gasteiger partial charge in [0, 0.05) is 37.9 Å². The summed E-state index contributed by atoms with van der Waals surface area (Å²) in [5, 5.41) is 19.0. The third-order valence-electron chi connectivity index (χ3n) is 4.46. The van der Waals surface area contributed by atoms with Crippen LogP contribution in [-0.2, 0) is 17.9 Å². The van der Waals surface area contributed by atoms with Crippen molar-refractivity contribution in [2.75, 3.05) is 25.1 Å². The summed E-state index contributed by atoms with van der Waals surface area (Å²) in [6, 6.07) is 5.25. The summed E-state index contributed by atoms with van der Waals surface area (Å²) in [7, 11) is 1.64. The van der Waals surface area contributed by atoms with Crippen molar-refractivity contribution >= 4 is 16.5 Å². The molecule has 27 heavy (non-hydrogen) atoms. The van der Waals surface area contributed by atoms with Gasteiger partial charge in [-0.1, -0.05) is 11.3 Å². The molecule has 1 fully saturated rings. The van der Waals surface area contributed by atoms with E-state index in [1.165, 1.54) is 16.0 Å². The highest BCUT2D eigenvalue weighted by Gasteiger charge is 2.30. The lowest BCUT2D eigenvalue weighted by molar-refractivity contribution is 0.184. The normalized spacial score (nSPS) is 14.6. The highest BCUT2D eigenvalue weighted by atomic mass is 32.1. The lowest BCUT2D eigenvalue weighted by Crippen LogP contribution is -2.49. The molecule has 0 aromatic carbocycles. The van der Waals surface area contributed by atoms with Crippen LogP contribution in [0.4, 0.5) is 5.13 Å². The second-order valence-corrected chi connectivity index (χ2v) is 7.77. The van der Waals surface area contributed by atoms with Crippen LogP contribution in [0.1, 0.15) is 16.4 Å². The average Bonchev–Trinajstić information content (AvgIpc) is 3.18. The lowest BCUT2D eigenvalue weighted by Gasteiger charge is -2.38. The van der Waals surface area contributed by atoms with E-state index < -0.39 is 0 Å². The van der Waals surface area contributed by atoms with Crippen molar-refractivity contribution in [1.29, 1.82) is 0 Å². The number of nitrogens with zero attached hydrogens (tertiary/aromatic N) is 7. The molecular formula is C17H21N7O2S. The van der Waals surface area contributed by atoms with Gasteiger partial charge in [0.15, 0.2) is 5.82 Å². The number of aromatic nitrogens is 6. The molecule has 0 unspecified atom stereocenters. The molecule has 0 amide bonds. The molecule has 1 aliphatic rings. The van der Waals surface area contributed by atoms with Crippen LogP contribution in [0.3, 0.4) is 0 Å². The Balaban J connectivity index is 1.44. The molecule has 142 valence electrons. The first-order valence-electron chi connectivity index (χ1n) is 8.71. The fraction of sp³-hybridized carbons (Fsp3) is 0.471. The molecule has 0 spiro atoms. The first kappa shape index (κ1) is 17.8. The fourth-order valence-electron chi connectivity index (χ4n) is 3.18. The van der Waals surface area contributed by atoms with Crippen molar-refractivity contribution in [2.24, 2.45) is 5.92 Å². The number of ether oxygens (including phenoxy) is 1. The molecular weight excluding hydrogens is 366 g/mol. The highest BCUT2D eigenvalue weighted by Crippen LogP contribution is 2.28. The van der Waals surface area contributed by atoms with Crippen LogP contribution < -0.4 is 10.5 Å². The van der Waals surface area contributed by atoms with Gasteiger partial charge in [0.1, 0.15) is 11.6 Å². The van der Waals surface area contributed by atoms with E-state index in [0.717, 1.165) is 34.6 Å². The Hall–Kier alpha value is -2.59. The monoisotopic (exact) mass is 387 g/mol. The predicted molar refractivity (Wildman–Crippen MR) is 101 cm³/mol. The van der Waals surface area contributed by atoms with Crippen LogP contribution in [0, 0.1) is 19.8 Å². The molecule has 0 saturated carbocycles. The van der Waals surface area contributed by atoms with Gasteiger partial charge in [-0.2, -0.15) is 5.10 Å². The molecule has 0 N–H and O–H groups in total. The zero-order valence-electron chi connectivity index (χ0n) is 15.5. The van der Waals surface area contributed by atoms with Crippen molar-refractivity contribution in [1.82, 2.24) is 29.8 Å². The Morgan fingerprint density at radius 1 is 1.22 bits per heavy atom. The summed E-state index contributed by atoms with van der Waals surface area (Å²) < 4.78 is 8.37. The topological polar surface area (TPSA) is 91.0 Å². The third kappa shape index (κ3) is 3.62. The number of aryl methyl sites for hydroxylation is 2. The summed E-state index contributed by atoms with van der Waals surface area (Å²) in [6.45, 7) is 6.63. The molecule has 0 atom stereocenters. The van der Waals surface area contributed by atoms with Gasteiger partial charge in [-0.15, -0.1) is 15.3 Å². The minimum atomic E-state index is -0.1000. The zero-order chi connectivity index (χ0) is 19.0. The van der Waals surface area contributed by atoms with Gasteiger partial charge >= 0.3 is 0 Å². The Labute approximate surface area is 160 Å². The van der Waals surface area contributed by atoms with Gasteiger partial charge in [-0.3, -0.25) is 4.79 Å². The first-order valence-corrected chi connectivity index (χ1v) is 9.53. The summed E-state index contributed by atoms with van der Waals surface area (Å²) in [5.74, 6) is 1.00. The maximum atomic E-state index is 12.2. The standard InChI is InChI=1S/C17H21N7O2S/c1-11-6-12(2)24(20-11)14-4-5-16(25)23(21-14)9-13-7-22(8-13)17-19-18-15(27-17)10-26-3/h4-6,13H,7-10H2,1-3H3. The minimum absolute atomic E-state index is 0.1000.